The Morgan fingerprint density at radius 3 is 0.926 bits per heavy atom. The molecule has 12 aliphatic carbocycles. The summed E-state index contributed by atoms with van der Waals surface area (Å²) in [6.45, 7) is 86.9. The molecule has 28 unspecified atom stereocenters. The van der Waals surface area contributed by atoms with Crippen molar-refractivity contribution < 1.29 is 57.2 Å². The average molecular weight is 2030 g/mol. The van der Waals surface area contributed by atoms with Crippen LogP contribution >= 0.6 is 0 Å². The summed E-state index contributed by atoms with van der Waals surface area (Å²) < 4.78 is 32.2. The number of hydrogen-bond donors (Lipinski definition) is 1. The van der Waals surface area contributed by atoms with Gasteiger partial charge in [0.1, 0.15) is 30.1 Å². The van der Waals surface area contributed by atoms with E-state index in [2.05, 4.69) is 313 Å². The third-order valence-corrected chi connectivity index (χ3v) is 45.0. The quantitative estimate of drug-likeness (QED) is 0.0129. The van der Waals surface area contributed by atoms with Crippen LogP contribution in [0.1, 0.15) is 287 Å². The minimum atomic E-state index is -0.414. The van der Waals surface area contributed by atoms with Crippen molar-refractivity contribution in [2.24, 2.45) is 185 Å². The number of aryl methyl sites for hydroxylation is 4. The third kappa shape index (κ3) is 18.7. The number of hydrogen-bond acceptors (Lipinski definition) is 18. The number of benzene rings is 5. The molecule has 0 amide bonds. The summed E-state index contributed by atoms with van der Waals surface area (Å²) in [5.74, 6) is 3.76. The molecule has 808 valence electrons. The van der Waals surface area contributed by atoms with E-state index in [0.29, 0.717) is 91.6 Å². The van der Waals surface area contributed by atoms with Gasteiger partial charge in [-0.2, -0.15) is 5.10 Å². The summed E-state index contributed by atoms with van der Waals surface area (Å²) in [5.41, 5.74) is 30.5. The highest BCUT2D eigenvalue weighted by molar-refractivity contribution is 5.87. The van der Waals surface area contributed by atoms with E-state index < -0.39 is 6.04 Å². The normalized spacial score (nSPS) is 36.5. The van der Waals surface area contributed by atoms with Crippen LogP contribution in [0.15, 0.2) is 207 Å². The van der Waals surface area contributed by atoms with E-state index in [4.69, 9.17) is 48.4 Å². The van der Waals surface area contributed by atoms with Crippen LogP contribution in [-0.4, -0.2) is 114 Å². The van der Waals surface area contributed by atoms with Crippen molar-refractivity contribution in [2.45, 2.75) is 301 Å². The van der Waals surface area contributed by atoms with Gasteiger partial charge in [-0.3, -0.25) is 44.6 Å². The fourth-order valence-corrected chi connectivity index (χ4v) is 32.3. The van der Waals surface area contributed by atoms with Crippen molar-refractivity contribution in [3.05, 3.63) is 221 Å². The van der Waals surface area contributed by atoms with Crippen molar-refractivity contribution in [2.75, 3.05) is 40.6 Å². The molecule has 1 N–H and O–H groups in total. The molecule has 0 saturated heterocycles. The summed E-state index contributed by atoms with van der Waals surface area (Å²) in [7, 11) is 3.36. The van der Waals surface area contributed by atoms with Crippen LogP contribution in [0.25, 0.3) is 0 Å². The first-order valence-corrected chi connectivity index (χ1v) is 55.4. The minimum Gasteiger partial charge on any atom is -0.497 e. The van der Waals surface area contributed by atoms with Gasteiger partial charge in [-0.05, 0) is 272 Å². The van der Waals surface area contributed by atoms with E-state index in [9.17, 15) is 28.8 Å². The first kappa shape index (κ1) is 117. The van der Waals surface area contributed by atoms with Crippen molar-refractivity contribution in [1.82, 2.24) is 5.43 Å². The maximum absolute atomic E-state index is 13.0. The van der Waals surface area contributed by atoms with Gasteiger partial charge in [0, 0.05) is 116 Å². The van der Waals surface area contributed by atoms with Crippen molar-refractivity contribution in [3.63, 3.8) is 0 Å². The second kappa shape index (κ2) is 44.3. The van der Waals surface area contributed by atoms with E-state index in [1.807, 2.05) is 107 Å². The number of rotatable bonds is 27. The summed E-state index contributed by atoms with van der Waals surface area (Å²) in [6, 6.07) is 38.3. The molecule has 0 spiro atoms. The molecule has 0 heterocycles. The SMILES string of the molecule is CC1=C(C)C2(C)C(C=Nc3c(C)cccc3C)CC1(C)C2C.CCOC(=O)C1C(/C=N/N[C@H](C=O)Cc2ccccc2)C2(C)C(C)=C(C)C1(C)C2C.CCOC(=O)C1C(C=NCc2ccc(OC)cc2)C2(C)C(C)=C(C)C1(C)C2C.CCOC(=O)C1C(C=Nc2c(C)cccc2C)C2(C)C(C)=C(C)C1(C)C2C.CCOC(=O)C1C(C=O)C2(C)C(C)=C(C)C1(C)C2C.COc1ccc(CN=CC2CC3(C)C(C)=C(C)C2(C)C3C)cc1. The van der Waals surface area contributed by atoms with Gasteiger partial charge >= 0.3 is 23.9 Å². The Hall–Kier alpha value is -10.5. The zero-order valence-electron chi connectivity index (χ0n) is 98.3. The second-order valence-corrected chi connectivity index (χ2v) is 48.8. The molecule has 5 aromatic rings. The number of aliphatic imine (C=N–C) groups is 4. The van der Waals surface area contributed by atoms with Crippen LogP contribution in [-0.2, 0) is 67.2 Å². The standard InChI is InChI=1S/C25H34N2O3.C24H33NO3.C24H33NO2.C21H29NO.C21H29N.C16H24O3/c1-7-30-23(29)22-21(24(5)16(2)17(3)25(22,6)18(24)4)14-26-27-20(15-28)13-19-11-9-8-10-12-19;1-8-28-22(26)21-20(14-25-13-18-9-11-19(27-7)12-10-18)23(5)15(2)16(3)24(21,6)17(23)4;1-9-27-22(26)20-19(13-25-21-14(2)11-10-12-15(21)3)23(7)16(4)17(5)24(20,8)18(23)6;1-14-15(2)21(5)16(3)20(14,4)11-18(21)13-22-12-17-7-9-19(23-6)10-8-17;1-13-9-8-10-14(2)19(13)22-12-18-11-20(6)15(3)16(4)21(18,7)17(20)5;1-7-19-14(18)13-12(8-17)15(5)9(2)10(3)16(13,6)11(15)4/h8-12,14-15,18,20-22,27H,7,13H2,1-6H3;9-12,14,17,20-21H,8,13H2,1-7H3;10-13,18-20H,9H2,1-8H3;7-10,13,16,18H,11-12H2,1-6H3;8-10,12,17-18H,11H2,1-7H3;8,11-13H,7H2,1-6H3/b26-14+;;;;;/t18?,20-,21?,22?,24?,25?;;;;;/m0...../s1. The summed E-state index contributed by atoms with van der Waals surface area (Å²) >= 11 is 0. The topological polar surface area (TPSA) is 232 Å². The Morgan fingerprint density at radius 2 is 0.617 bits per heavy atom. The molecule has 12 bridgehead atoms. The monoisotopic (exact) mass is 2030 g/mol. The lowest BCUT2D eigenvalue weighted by Crippen LogP contribution is -2.41. The fourth-order valence-electron chi connectivity index (χ4n) is 32.3. The molecule has 18 nitrogen and oxygen atoms in total. The largest absolute Gasteiger partial charge is 0.497 e. The van der Waals surface area contributed by atoms with E-state index in [1.165, 1.54) is 74.1 Å². The number of hydrazone groups is 1. The minimum absolute atomic E-state index is 0.0410. The molecule has 12 aliphatic rings. The van der Waals surface area contributed by atoms with Crippen LogP contribution in [0, 0.1) is 187 Å². The van der Waals surface area contributed by atoms with Crippen molar-refractivity contribution in [3.8, 4) is 11.5 Å². The highest BCUT2D eigenvalue weighted by atomic mass is 16.5. The number of allylic oxidation sites excluding steroid dienone is 12. The number of nitrogens with zero attached hydrogens (tertiary/aromatic N) is 5. The lowest BCUT2D eigenvalue weighted by molar-refractivity contribution is -0.155. The molecular formula is C131H182N6O12. The average Bonchev–Trinajstić information content (AvgIpc) is 1.51. The maximum Gasteiger partial charge on any atom is 0.310 e. The fraction of sp³-hybridized carbons (Fsp3) is 0.595. The van der Waals surface area contributed by atoms with Gasteiger partial charge in [0.05, 0.1) is 88.8 Å². The Kier molecular flexibility index (Phi) is 34.8. The van der Waals surface area contributed by atoms with Crippen LogP contribution in [0.3, 0.4) is 0 Å². The second-order valence-electron chi connectivity index (χ2n) is 48.8. The lowest BCUT2D eigenvalue weighted by atomic mass is 9.66. The van der Waals surface area contributed by atoms with Gasteiger partial charge in [-0.15, -0.1) is 0 Å². The van der Waals surface area contributed by atoms with Crippen LogP contribution < -0.4 is 14.9 Å². The zero-order valence-corrected chi connectivity index (χ0v) is 98.3. The van der Waals surface area contributed by atoms with Gasteiger partial charge in [0.2, 0.25) is 0 Å². The van der Waals surface area contributed by atoms with Crippen molar-refractivity contribution in [1.29, 1.82) is 0 Å². The van der Waals surface area contributed by atoms with Crippen LogP contribution in [0.5, 0.6) is 11.5 Å². The summed E-state index contributed by atoms with van der Waals surface area (Å²) in [6.07, 6.45) is 15.3. The smallest absolute Gasteiger partial charge is 0.310 e. The van der Waals surface area contributed by atoms with Gasteiger partial charge in [0.25, 0.3) is 0 Å². The lowest BCUT2D eigenvalue weighted by Gasteiger charge is -2.38. The molecule has 17 rings (SSSR count). The number of ether oxygens (including phenoxy) is 6. The van der Waals surface area contributed by atoms with Crippen molar-refractivity contribution >= 4 is 78.9 Å². The van der Waals surface area contributed by atoms with E-state index >= 15 is 0 Å². The van der Waals surface area contributed by atoms with Gasteiger partial charge in [-0.1, -0.05) is 283 Å². The number of carbonyl (C=O) groups is 6. The molecule has 29 atom stereocenters. The number of methoxy groups -OCH3 is 2. The highest BCUT2D eigenvalue weighted by Crippen LogP contribution is 2.78. The molecular weight excluding hydrogens is 1850 g/mol. The predicted octanol–water partition coefficient (Wildman–Crippen LogP) is 29.4. The number of nitrogens with one attached hydrogen (secondary N) is 1. The van der Waals surface area contributed by atoms with Gasteiger partial charge in [-0.25, -0.2) is 0 Å². The molecule has 149 heavy (non-hydrogen) atoms. The van der Waals surface area contributed by atoms with E-state index in [-0.39, 0.29) is 131 Å². The number of aldehydes is 2. The zero-order chi connectivity index (χ0) is 111. The van der Waals surface area contributed by atoms with Crippen LogP contribution in [0.4, 0.5) is 11.4 Å². The van der Waals surface area contributed by atoms with E-state index in [0.717, 1.165) is 64.2 Å². The first-order chi connectivity index (χ1) is 69.9. The first-order valence-electron chi connectivity index (χ1n) is 55.4. The highest BCUT2D eigenvalue weighted by Gasteiger charge is 2.75. The Balaban J connectivity index is 0.000000159. The molecule has 0 aromatic heterocycles. The molecule has 0 aliphatic heterocycles. The van der Waals surface area contributed by atoms with Gasteiger partial charge < -0.3 is 38.0 Å². The number of esters is 4. The third-order valence-electron chi connectivity index (χ3n) is 45.0. The Bertz CT molecular complexity index is 6180. The molecule has 18 heteroatoms. The Morgan fingerprint density at radius 1 is 0.329 bits per heavy atom. The van der Waals surface area contributed by atoms with E-state index in [1.54, 1.807) is 36.5 Å². The molecule has 6 saturated carbocycles. The molecule has 0 radical (unpaired) electrons. The van der Waals surface area contributed by atoms with Gasteiger partial charge in [0.15, 0.2) is 0 Å². The number of fused-ring (bicyclic) bond motifs is 12. The molecule has 6 fully saturated rings. The number of carbonyl (C=O) groups excluding carboxylic acids is 6. The summed E-state index contributed by atoms with van der Waals surface area (Å²) in [5, 5.41) is 4.47. The number of para-hydroxylation sites is 2. The Labute approximate surface area is 895 Å². The maximum atomic E-state index is 13.0. The summed E-state index contributed by atoms with van der Waals surface area (Å²) in [4.78, 5) is 93.9. The predicted molar refractivity (Wildman–Crippen MR) is 609 cm³/mol. The van der Waals surface area contributed by atoms with Crippen LogP contribution in [0.2, 0.25) is 0 Å². The molecule has 5 aromatic carbocycles.